The van der Waals surface area contributed by atoms with Gasteiger partial charge < -0.3 is 15.4 Å². The van der Waals surface area contributed by atoms with E-state index >= 15 is 0 Å². The Morgan fingerprint density at radius 1 is 1.23 bits per heavy atom. The van der Waals surface area contributed by atoms with Crippen LogP contribution in [0.2, 0.25) is 0 Å². The van der Waals surface area contributed by atoms with E-state index in [4.69, 9.17) is 17.0 Å². The van der Waals surface area contributed by atoms with E-state index in [1.54, 1.807) is 0 Å². The summed E-state index contributed by atoms with van der Waals surface area (Å²) >= 11 is 5.14. The second-order valence-electron chi connectivity index (χ2n) is 4.23. The molecule has 0 radical (unpaired) electrons. The highest BCUT2D eigenvalue weighted by molar-refractivity contribution is 7.80. The van der Waals surface area contributed by atoms with E-state index in [1.165, 1.54) is 49.6 Å². The Kier molecular flexibility index (Phi) is 4.84. The number of nitrogens with zero attached hydrogens (tertiary/aromatic N) is 1. The molecule has 0 saturated carbocycles. The van der Waals surface area contributed by atoms with Gasteiger partial charge in [-0.25, -0.2) is 4.39 Å². The van der Waals surface area contributed by atoms with E-state index in [0.717, 1.165) is 0 Å². The second kappa shape index (κ2) is 6.81. The Morgan fingerprint density at radius 2 is 1.91 bits per heavy atom. The van der Waals surface area contributed by atoms with Crippen LogP contribution >= 0.6 is 12.2 Å². The molecule has 0 aliphatic rings. The predicted octanol–water partition coefficient (Wildman–Crippen LogP) is 3.55. The Hall–Kier alpha value is -2.74. The minimum Gasteiger partial charge on any atom is -0.494 e. The number of ether oxygens (including phenoxy) is 1. The SMILES string of the molecule is COc1cc(F)ccc1NC(=S)Nc1ccc([N+](=O)[O-])cc1. The lowest BCUT2D eigenvalue weighted by Crippen LogP contribution is -2.19. The number of hydrogen-bond donors (Lipinski definition) is 2. The van der Waals surface area contributed by atoms with Crippen molar-refractivity contribution in [3.05, 3.63) is 58.4 Å². The van der Waals surface area contributed by atoms with Crippen molar-refractivity contribution < 1.29 is 14.1 Å². The lowest BCUT2D eigenvalue weighted by atomic mass is 10.3. The van der Waals surface area contributed by atoms with Gasteiger partial charge in [0.1, 0.15) is 11.6 Å². The molecule has 2 aromatic rings. The fraction of sp³-hybridized carbons (Fsp3) is 0.0714. The smallest absolute Gasteiger partial charge is 0.269 e. The Morgan fingerprint density at radius 3 is 2.50 bits per heavy atom. The van der Waals surface area contributed by atoms with E-state index in [2.05, 4.69) is 10.6 Å². The molecule has 0 unspecified atom stereocenters. The molecule has 0 aromatic heterocycles. The maximum Gasteiger partial charge on any atom is 0.269 e. The van der Waals surface area contributed by atoms with Gasteiger partial charge in [-0.15, -0.1) is 0 Å². The summed E-state index contributed by atoms with van der Waals surface area (Å²) in [6, 6.07) is 9.81. The Bertz CT molecular complexity index is 707. The van der Waals surface area contributed by atoms with Gasteiger partial charge in [-0.05, 0) is 36.5 Å². The molecule has 0 heterocycles. The molecule has 0 amide bonds. The summed E-state index contributed by atoms with van der Waals surface area (Å²) in [6.07, 6.45) is 0. The molecule has 0 aliphatic heterocycles. The van der Waals surface area contributed by atoms with Crippen molar-refractivity contribution in [1.29, 1.82) is 0 Å². The van der Waals surface area contributed by atoms with Crippen molar-refractivity contribution in [2.75, 3.05) is 17.7 Å². The summed E-state index contributed by atoms with van der Waals surface area (Å²) < 4.78 is 18.2. The molecule has 0 atom stereocenters. The molecule has 8 heteroatoms. The number of methoxy groups -OCH3 is 1. The average molecular weight is 321 g/mol. The molecule has 0 bridgehead atoms. The summed E-state index contributed by atoms with van der Waals surface area (Å²) in [5.74, 6) is -0.107. The van der Waals surface area contributed by atoms with Crippen LogP contribution in [0.3, 0.4) is 0 Å². The monoisotopic (exact) mass is 321 g/mol. The van der Waals surface area contributed by atoms with Crippen molar-refractivity contribution in [3.63, 3.8) is 0 Å². The van der Waals surface area contributed by atoms with E-state index in [9.17, 15) is 14.5 Å². The van der Waals surface area contributed by atoms with E-state index in [0.29, 0.717) is 17.1 Å². The Labute approximate surface area is 131 Å². The summed E-state index contributed by atoms with van der Waals surface area (Å²) in [6.45, 7) is 0. The molecule has 22 heavy (non-hydrogen) atoms. The van der Waals surface area contributed by atoms with Crippen LogP contribution in [0.25, 0.3) is 0 Å². The van der Waals surface area contributed by atoms with Gasteiger partial charge in [-0.1, -0.05) is 0 Å². The molecule has 6 nitrogen and oxygen atoms in total. The maximum atomic E-state index is 13.1. The van der Waals surface area contributed by atoms with Crippen LogP contribution in [-0.4, -0.2) is 17.1 Å². The normalized spacial score (nSPS) is 9.91. The predicted molar refractivity (Wildman–Crippen MR) is 85.9 cm³/mol. The van der Waals surface area contributed by atoms with Crippen LogP contribution in [0, 0.1) is 15.9 Å². The number of rotatable bonds is 4. The van der Waals surface area contributed by atoms with Gasteiger partial charge in [0, 0.05) is 23.9 Å². The first-order valence-electron chi connectivity index (χ1n) is 6.15. The zero-order valence-corrected chi connectivity index (χ0v) is 12.3. The van der Waals surface area contributed by atoms with E-state index in [1.807, 2.05) is 0 Å². The minimum absolute atomic E-state index is 0.00960. The molecular formula is C14H12FN3O3S. The van der Waals surface area contributed by atoms with Gasteiger partial charge in [0.05, 0.1) is 17.7 Å². The summed E-state index contributed by atoms with van der Waals surface area (Å²) in [5, 5.41) is 16.6. The molecule has 2 aromatic carbocycles. The maximum absolute atomic E-state index is 13.1. The number of benzene rings is 2. The van der Waals surface area contributed by atoms with Crippen molar-refractivity contribution in [2.24, 2.45) is 0 Å². The molecular weight excluding hydrogens is 309 g/mol. The third kappa shape index (κ3) is 3.89. The standard InChI is InChI=1S/C14H12FN3O3S/c1-21-13-8-9(15)2-7-12(13)17-14(22)16-10-3-5-11(6-4-10)18(19)20/h2-8H,1H3,(H2,16,17,22). The second-order valence-corrected chi connectivity index (χ2v) is 4.64. The highest BCUT2D eigenvalue weighted by Gasteiger charge is 2.08. The number of hydrogen-bond acceptors (Lipinski definition) is 4. The third-order valence-corrected chi connectivity index (χ3v) is 2.95. The van der Waals surface area contributed by atoms with Gasteiger partial charge in [0.25, 0.3) is 5.69 Å². The minimum atomic E-state index is -0.482. The summed E-state index contributed by atoms with van der Waals surface area (Å²) in [5.41, 5.74) is 1.08. The van der Waals surface area contributed by atoms with Crippen molar-refractivity contribution in [2.45, 2.75) is 0 Å². The van der Waals surface area contributed by atoms with Gasteiger partial charge in [0.2, 0.25) is 0 Å². The average Bonchev–Trinajstić information content (AvgIpc) is 2.49. The van der Waals surface area contributed by atoms with Crippen LogP contribution in [0.1, 0.15) is 0 Å². The fourth-order valence-corrected chi connectivity index (χ4v) is 1.95. The van der Waals surface area contributed by atoms with Crippen LogP contribution < -0.4 is 15.4 Å². The first-order valence-corrected chi connectivity index (χ1v) is 6.56. The fourth-order valence-electron chi connectivity index (χ4n) is 1.72. The molecule has 2 N–H and O–H groups in total. The first kappa shape index (κ1) is 15.6. The van der Waals surface area contributed by atoms with Crippen molar-refractivity contribution in [3.8, 4) is 5.75 Å². The number of halogens is 1. The highest BCUT2D eigenvalue weighted by atomic mass is 32.1. The number of nitrogens with one attached hydrogen (secondary N) is 2. The summed E-state index contributed by atoms with van der Waals surface area (Å²) in [4.78, 5) is 10.1. The van der Waals surface area contributed by atoms with E-state index < -0.39 is 10.7 Å². The van der Waals surface area contributed by atoms with Crippen LogP contribution in [0.15, 0.2) is 42.5 Å². The molecule has 0 saturated heterocycles. The van der Waals surface area contributed by atoms with E-state index in [-0.39, 0.29) is 10.8 Å². The van der Waals surface area contributed by atoms with Crippen LogP contribution in [0.5, 0.6) is 5.75 Å². The largest absolute Gasteiger partial charge is 0.494 e. The van der Waals surface area contributed by atoms with Gasteiger partial charge in [0.15, 0.2) is 5.11 Å². The van der Waals surface area contributed by atoms with Crippen LogP contribution in [-0.2, 0) is 0 Å². The lowest BCUT2D eigenvalue weighted by Gasteiger charge is -2.13. The topological polar surface area (TPSA) is 76.4 Å². The lowest BCUT2D eigenvalue weighted by molar-refractivity contribution is -0.384. The zero-order valence-electron chi connectivity index (χ0n) is 11.5. The molecule has 0 aliphatic carbocycles. The molecule has 0 spiro atoms. The number of nitro benzene ring substituents is 1. The number of thiocarbonyl (C=S) groups is 1. The van der Waals surface area contributed by atoms with Crippen LogP contribution in [0.4, 0.5) is 21.5 Å². The molecule has 114 valence electrons. The van der Waals surface area contributed by atoms with Gasteiger partial charge >= 0.3 is 0 Å². The quantitative estimate of drug-likeness (QED) is 0.509. The third-order valence-electron chi connectivity index (χ3n) is 2.75. The van der Waals surface area contributed by atoms with Gasteiger partial charge in [-0.3, -0.25) is 10.1 Å². The number of nitro groups is 1. The number of non-ortho nitro benzene ring substituents is 1. The molecule has 2 rings (SSSR count). The first-order chi connectivity index (χ1) is 10.5. The molecule has 0 fully saturated rings. The zero-order chi connectivity index (χ0) is 16.1. The van der Waals surface area contributed by atoms with Gasteiger partial charge in [-0.2, -0.15) is 0 Å². The van der Waals surface area contributed by atoms with Crippen molar-refractivity contribution in [1.82, 2.24) is 0 Å². The highest BCUT2D eigenvalue weighted by Crippen LogP contribution is 2.25. The Balaban J connectivity index is 2.05. The van der Waals surface area contributed by atoms with Crippen molar-refractivity contribution >= 4 is 34.4 Å². The summed E-state index contributed by atoms with van der Waals surface area (Å²) in [7, 11) is 1.42. The number of anilines is 2.